The SMILES string of the molecule is C=C1OC2(c3ccccc3)OC1(c1ccccc1)[C@@H](C)[C@@H](C)[C@H]2C. The fourth-order valence-electron chi connectivity index (χ4n) is 4.48. The third kappa shape index (κ3) is 1.81. The summed E-state index contributed by atoms with van der Waals surface area (Å²) in [5.41, 5.74) is 1.59. The molecule has 2 aromatic rings. The van der Waals surface area contributed by atoms with Crippen LogP contribution < -0.4 is 0 Å². The van der Waals surface area contributed by atoms with Gasteiger partial charge in [0.2, 0.25) is 5.79 Å². The molecule has 124 valence electrons. The quantitative estimate of drug-likeness (QED) is 0.755. The second-order valence-electron chi connectivity index (χ2n) is 7.20. The van der Waals surface area contributed by atoms with Crippen LogP contribution in [0.3, 0.4) is 0 Å². The van der Waals surface area contributed by atoms with Gasteiger partial charge in [0.1, 0.15) is 5.76 Å². The number of benzene rings is 2. The van der Waals surface area contributed by atoms with Gasteiger partial charge in [0.25, 0.3) is 0 Å². The lowest BCUT2D eigenvalue weighted by Gasteiger charge is -2.48. The topological polar surface area (TPSA) is 18.5 Å². The van der Waals surface area contributed by atoms with E-state index in [-0.39, 0.29) is 11.8 Å². The van der Waals surface area contributed by atoms with E-state index in [1.165, 1.54) is 0 Å². The van der Waals surface area contributed by atoms with Gasteiger partial charge in [0, 0.05) is 11.5 Å². The predicted molar refractivity (Wildman–Crippen MR) is 95.0 cm³/mol. The van der Waals surface area contributed by atoms with Gasteiger partial charge in [-0.05, 0) is 17.4 Å². The molecule has 5 atom stereocenters. The van der Waals surface area contributed by atoms with Crippen LogP contribution in [0.25, 0.3) is 0 Å². The van der Waals surface area contributed by atoms with E-state index in [2.05, 4.69) is 63.7 Å². The summed E-state index contributed by atoms with van der Waals surface area (Å²) in [5.74, 6) is 0.896. The van der Waals surface area contributed by atoms with E-state index in [0.29, 0.717) is 5.92 Å². The standard InChI is InChI=1S/C22H24O2/c1-15-16(2)21(19-11-7-5-8-12-19)18(4)23-22(24-21,17(15)3)20-13-9-6-10-14-20/h5-17H,4H2,1-3H3/t15-,16+,17-,21?,22?/m1/s1. The smallest absolute Gasteiger partial charge is 0.241 e. The number of hydrogen-bond acceptors (Lipinski definition) is 2. The zero-order valence-corrected chi connectivity index (χ0v) is 14.5. The summed E-state index contributed by atoms with van der Waals surface area (Å²) >= 11 is 0. The molecule has 2 saturated heterocycles. The van der Waals surface area contributed by atoms with Crippen molar-refractivity contribution in [1.82, 2.24) is 0 Å². The van der Waals surface area contributed by atoms with Crippen molar-refractivity contribution in [3.63, 3.8) is 0 Å². The minimum absolute atomic E-state index is 0.228. The first-order valence-corrected chi connectivity index (χ1v) is 8.72. The molecule has 2 aliphatic rings. The third-order valence-electron chi connectivity index (χ3n) is 6.20. The summed E-state index contributed by atoms with van der Waals surface area (Å²) in [5, 5.41) is 0. The molecular weight excluding hydrogens is 296 g/mol. The Kier molecular flexibility index (Phi) is 3.36. The molecule has 0 aromatic heterocycles. The molecule has 2 heteroatoms. The maximum absolute atomic E-state index is 6.83. The van der Waals surface area contributed by atoms with Crippen molar-refractivity contribution < 1.29 is 9.47 Å². The lowest BCUT2D eigenvalue weighted by Crippen LogP contribution is -2.51. The Hall–Kier alpha value is -2.06. The largest absolute Gasteiger partial charge is 0.459 e. The zero-order chi connectivity index (χ0) is 16.9. The lowest BCUT2D eigenvalue weighted by molar-refractivity contribution is -0.282. The summed E-state index contributed by atoms with van der Waals surface area (Å²) in [4.78, 5) is 0. The Labute approximate surface area is 144 Å². The first-order valence-electron chi connectivity index (χ1n) is 8.72. The second-order valence-corrected chi connectivity index (χ2v) is 7.20. The second kappa shape index (κ2) is 5.22. The number of fused-ring (bicyclic) bond motifs is 2. The van der Waals surface area contributed by atoms with Crippen molar-refractivity contribution in [2.45, 2.75) is 32.2 Å². The van der Waals surface area contributed by atoms with Crippen LogP contribution in [0.4, 0.5) is 0 Å². The van der Waals surface area contributed by atoms with Crippen LogP contribution in [0.5, 0.6) is 0 Å². The van der Waals surface area contributed by atoms with Gasteiger partial charge >= 0.3 is 0 Å². The fraction of sp³-hybridized carbons (Fsp3) is 0.364. The highest BCUT2D eigenvalue weighted by molar-refractivity contribution is 5.38. The van der Waals surface area contributed by atoms with Crippen LogP contribution in [0.15, 0.2) is 73.0 Å². The van der Waals surface area contributed by atoms with Crippen molar-refractivity contribution >= 4 is 0 Å². The van der Waals surface area contributed by atoms with E-state index in [4.69, 9.17) is 9.47 Å². The van der Waals surface area contributed by atoms with Gasteiger partial charge in [-0.25, -0.2) is 0 Å². The molecule has 2 bridgehead atoms. The van der Waals surface area contributed by atoms with E-state index in [1.807, 2.05) is 24.3 Å². The molecule has 2 aromatic carbocycles. The predicted octanol–water partition coefficient (Wildman–Crippen LogP) is 5.22. The van der Waals surface area contributed by atoms with Gasteiger partial charge in [-0.15, -0.1) is 0 Å². The number of hydrogen-bond donors (Lipinski definition) is 0. The van der Waals surface area contributed by atoms with Gasteiger partial charge in [0.05, 0.1) is 0 Å². The first kappa shape index (κ1) is 15.5. The minimum Gasteiger partial charge on any atom is -0.459 e. The van der Waals surface area contributed by atoms with E-state index >= 15 is 0 Å². The van der Waals surface area contributed by atoms with Crippen LogP contribution in [0.2, 0.25) is 0 Å². The summed E-state index contributed by atoms with van der Waals surface area (Å²) in [6.07, 6.45) is 0. The molecule has 0 radical (unpaired) electrons. The monoisotopic (exact) mass is 320 g/mol. The van der Waals surface area contributed by atoms with Gasteiger partial charge in [0.15, 0.2) is 5.60 Å². The molecule has 0 N–H and O–H groups in total. The van der Waals surface area contributed by atoms with E-state index < -0.39 is 11.4 Å². The van der Waals surface area contributed by atoms with Crippen LogP contribution in [0.1, 0.15) is 31.9 Å². The average molecular weight is 320 g/mol. The van der Waals surface area contributed by atoms with Gasteiger partial charge in [-0.1, -0.05) is 88.0 Å². The normalized spacial score (nSPS) is 38.0. The van der Waals surface area contributed by atoms with Gasteiger partial charge in [-0.3, -0.25) is 0 Å². The molecule has 4 rings (SSSR count). The molecule has 0 spiro atoms. The van der Waals surface area contributed by atoms with E-state index in [9.17, 15) is 0 Å². The molecular formula is C22H24O2. The first-order chi connectivity index (χ1) is 11.5. The van der Waals surface area contributed by atoms with Crippen molar-refractivity contribution in [1.29, 1.82) is 0 Å². The van der Waals surface area contributed by atoms with Crippen LogP contribution in [0, 0.1) is 17.8 Å². The fourth-order valence-corrected chi connectivity index (χ4v) is 4.48. The molecule has 2 nitrogen and oxygen atoms in total. The highest BCUT2D eigenvalue weighted by atomic mass is 16.8. The maximum Gasteiger partial charge on any atom is 0.241 e. The van der Waals surface area contributed by atoms with Crippen LogP contribution >= 0.6 is 0 Å². The summed E-state index contributed by atoms with van der Waals surface area (Å²) < 4.78 is 13.3. The molecule has 24 heavy (non-hydrogen) atoms. The van der Waals surface area contributed by atoms with Crippen molar-refractivity contribution in [2.75, 3.05) is 0 Å². The molecule has 2 fully saturated rings. The maximum atomic E-state index is 6.83. The molecule has 2 heterocycles. The molecule has 0 saturated carbocycles. The Morgan fingerprint density at radius 2 is 1.33 bits per heavy atom. The molecule has 2 unspecified atom stereocenters. The molecule has 0 amide bonds. The summed E-state index contributed by atoms with van der Waals surface area (Å²) in [6.45, 7) is 11.1. The van der Waals surface area contributed by atoms with Gasteiger partial charge < -0.3 is 9.47 Å². The average Bonchev–Trinajstić information content (AvgIpc) is 2.93. The Balaban J connectivity index is 1.93. The van der Waals surface area contributed by atoms with E-state index in [0.717, 1.165) is 16.9 Å². The van der Waals surface area contributed by atoms with Crippen LogP contribution in [-0.4, -0.2) is 0 Å². The van der Waals surface area contributed by atoms with Crippen molar-refractivity contribution in [2.24, 2.45) is 17.8 Å². The number of ether oxygens (including phenoxy) is 2. The zero-order valence-electron chi connectivity index (χ0n) is 14.5. The summed E-state index contributed by atoms with van der Waals surface area (Å²) in [7, 11) is 0. The van der Waals surface area contributed by atoms with Gasteiger partial charge in [-0.2, -0.15) is 0 Å². The highest BCUT2D eigenvalue weighted by Crippen LogP contribution is 2.64. The van der Waals surface area contributed by atoms with Crippen LogP contribution in [-0.2, 0) is 20.9 Å². The minimum atomic E-state index is -0.764. The molecule has 2 aliphatic heterocycles. The Morgan fingerprint density at radius 1 is 0.792 bits per heavy atom. The van der Waals surface area contributed by atoms with Crippen molar-refractivity contribution in [3.8, 4) is 0 Å². The lowest BCUT2D eigenvalue weighted by atomic mass is 9.67. The highest BCUT2D eigenvalue weighted by Gasteiger charge is 2.66. The third-order valence-corrected chi connectivity index (χ3v) is 6.20. The van der Waals surface area contributed by atoms with E-state index in [1.54, 1.807) is 0 Å². The summed E-state index contributed by atoms with van der Waals surface area (Å²) in [6, 6.07) is 20.7. The Bertz CT molecular complexity index is 754. The van der Waals surface area contributed by atoms with Crippen molar-refractivity contribution in [3.05, 3.63) is 84.1 Å². The molecule has 0 aliphatic carbocycles. The Morgan fingerprint density at radius 3 is 1.92 bits per heavy atom. The number of rotatable bonds is 2.